The second-order valence-corrected chi connectivity index (χ2v) is 6.91. The lowest BCUT2D eigenvalue weighted by Gasteiger charge is -2.31. The first-order valence-corrected chi connectivity index (χ1v) is 9.13. The molecular formula is C20H23N3O4. The van der Waals surface area contributed by atoms with E-state index in [1.54, 1.807) is 16.5 Å². The normalized spacial score (nSPS) is 14.9. The molecule has 1 aromatic carbocycles. The van der Waals surface area contributed by atoms with E-state index in [1.807, 2.05) is 30.3 Å². The lowest BCUT2D eigenvalue weighted by atomic mass is 9.92. The van der Waals surface area contributed by atoms with Gasteiger partial charge in [0.2, 0.25) is 5.43 Å². The molecule has 2 heterocycles. The second kappa shape index (κ2) is 8.16. The van der Waals surface area contributed by atoms with Crippen LogP contribution in [0.5, 0.6) is 0 Å². The summed E-state index contributed by atoms with van der Waals surface area (Å²) in [7, 11) is 0. The fourth-order valence-corrected chi connectivity index (χ4v) is 3.43. The van der Waals surface area contributed by atoms with Crippen molar-refractivity contribution >= 4 is 11.9 Å². The summed E-state index contributed by atoms with van der Waals surface area (Å²) in [6.07, 6.45) is 2.27. The van der Waals surface area contributed by atoms with Crippen LogP contribution in [0.4, 0.5) is 0 Å². The Labute approximate surface area is 157 Å². The van der Waals surface area contributed by atoms with E-state index < -0.39 is 5.97 Å². The third-order valence-electron chi connectivity index (χ3n) is 4.98. The molecule has 0 bridgehead atoms. The van der Waals surface area contributed by atoms with Gasteiger partial charge in [-0.15, -0.1) is 0 Å². The Morgan fingerprint density at radius 3 is 2.48 bits per heavy atom. The molecule has 0 radical (unpaired) electrons. The number of likely N-dealkylation sites (tertiary alicyclic amines) is 1. The Bertz CT molecular complexity index is 884. The van der Waals surface area contributed by atoms with Crippen molar-refractivity contribution in [2.45, 2.75) is 32.6 Å². The zero-order valence-corrected chi connectivity index (χ0v) is 15.3. The lowest BCUT2D eigenvalue weighted by molar-refractivity contribution is -0.137. The van der Waals surface area contributed by atoms with Crippen LogP contribution < -0.4 is 5.43 Å². The van der Waals surface area contributed by atoms with E-state index in [9.17, 15) is 14.4 Å². The van der Waals surface area contributed by atoms with Crippen LogP contribution in [-0.4, -0.2) is 44.8 Å². The molecule has 2 aromatic rings. The van der Waals surface area contributed by atoms with Crippen molar-refractivity contribution in [1.82, 2.24) is 14.7 Å². The van der Waals surface area contributed by atoms with E-state index in [0.29, 0.717) is 31.1 Å². The van der Waals surface area contributed by atoms with Crippen LogP contribution in [0.1, 0.15) is 41.9 Å². The quantitative estimate of drug-likeness (QED) is 0.873. The van der Waals surface area contributed by atoms with E-state index in [1.165, 1.54) is 6.07 Å². The van der Waals surface area contributed by atoms with Gasteiger partial charge in [-0.3, -0.25) is 14.4 Å². The summed E-state index contributed by atoms with van der Waals surface area (Å²) in [6.45, 7) is 2.82. The molecule has 1 aliphatic heterocycles. The van der Waals surface area contributed by atoms with E-state index in [-0.39, 0.29) is 23.5 Å². The van der Waals surface area contributed by atoms with Gasteiger partial charge in [0.1, 0.15) is 0 Å². The molecule has 7 nitrogen and oxygen atoms in total. The first-order valence-electron chi connectivity index (χ1n) is 9.13. The smallest absolute Gasteiger partial charge is 0.303 e. The average Bonchev–Trinajstić information content (AvgIpc) is 2.67. The maximum absolute atomic E-state index is 12.8. The largest absolute Gasteiger partial charge is 0.481 e. The molecule has 1 amide bonds. The Hall–Kier alpha value is -2.96. The van der Waals surface area contributed by atoms with Crippen LogP contribution in [0, 0.1) is 12.8 Å². The van der Waals surface area contributed by atoms with Crippen LogP contribution in [0.3, 0.4) is 0 Å². The van der Waals surface area contributed by atoms with Crippen molar-refractivity contribution in [3.05, 3.63) is 58.0 Å². The molecule has 1 aromatic heterocycles. The summed E-state index contributed by atoms with van der Waals surface area (Å²) in [5, 5.41) is 13.1. The molecule has 1 aliphatic rings. The summed E-state index contributed by atoms with van der Waals surface area (Å²) < 4.78 is 1.61. The highest BCUT2D eigenvalue weighted by atomic mass is 16.4. The molecule has 3 rings (SSSR count). The number of amides is 1. The summed E-state index contributed by atoms with van der Waals surface area (Å²) in [5.41, 5.74) is 0.998. The summed E-state index contributed by atoms with van der Waals surface area (Å²) >= 11 is 0. The minimum absolute atomic E-state index is 0.0755. The number of aliphatic carboxylic acids is 1. The third kappa shape index (κ3) is 4.42. The fourth-order valence-electron chi connectivity index (χ4n) is 3.43. The number of rotatable bonds is 5. The van der Waals surface area contributed by atoms with Gasteiger partial charge in [-0.2, -0.15) is 5.10 Å². The van der Waals surface area contributed by atoms with Crippen LogP contribution in [0.2, 0.25) is 0 Å². The molecule has 0 spiro atoms. The number of aromatic nitrogens is 2. The number of carbonyl (C=O) groups excluding carboxylic acids is 1. The Balaban J connectivity index is 1.76. The highest BCUT2D eigenvalue weighted by molar-refractivity contribution is 5.92. The van der Waals surface area contributed by atoms with Crippen molar-refractivity contribution in [3.8, 4) is 5.69 Å². The van der Waals surface area contributed by atoms with E-state index in [0.717, 1.165) is 18.5 Å². The molecule has 27 heavy (non-hydrogen) atoms. The molecule has 1 fully saturated rings. The van der Waals surface area contributed by atoms with Gasteiger partial charge in [0, 0.05) is 31.3 Å². The number of nitrogens with zero attached hydrogens (tertiary/aromatic N) is 3. The van der Waals surface area contributed by atoms with Crippen molar-refractivity contribution in [1.29, 1.82) is 0 Å². The monoisotopic (exact) mass is 369 g/mol. The van der Waals surface area contributed by atoms with Crippen molar-refractivity contribution in [2.24, 2.45) is 5.92 Å². The number of piperidine rings is 1. The maximum Gasteiger partial charge on any atom is 0.303 e. The first-order chi connectivity index (χ1) is 13.0. The average molecular weight is 369 g/mol. The second-order valence-electron chi connectivity index (χ2n) is 6.91. The molecule has 1 N–H and O–H groups in total. The van der Waals surface area contributed by atoms with Crippen molar-refractivity contribution in [2.75, 3.05) is 13.1 Å². The number of carboxylic acids is 1. The first kappa shape index (κ1) is 18.8. The van der Waals surface area contributed by atoms with Crippen molar-refractivity contribution in [3.63, 3.8) is 0 Å². The number of benzene rings is 1. The van der Waals surface area contributed by atoms with Gasteiger partial charge in [0.25, 0.3) is 5.91 Å². The number of carbonyl (C=O) groups is 2. The molecule has 0 aliphatic carbocycles. The van der Waals surface area contributed by atoms with Gasteiger partial charge >= 0.3 is 5.97 Å². The minimum atomic E-state index is -0.793. The predicted octanol–water partition coefficient (Wildman–Crippen LogP) is 2.26. The number of hydrogen-bond acceptors (Lipinski definition) is 4. The standard InChI is InChI=1S/C20H23N3O4/c1-14-13-17(24)19(21-23(14)16-5-3-2-4-6-16)20(27)22-11-9-15(10-12-22)7-8-18(25)26/h2-6,13,15H,7-12H2,1H3,(H,25,26). The van der Waals surface area contributed by atoms with Gasteiger partial charge in [-0.25, -0.2) is 4.68 Å². The Morgan fingerprint density at radius 1 is 1.19 bits per heavy atom. The van der Waals surface area contributed by atoms with Gasteiger partial charge in [-0.1, -0.05) is 18.2 Å². The molecular weight excluding hydrogens is 346 g/mol. The SMILES string of the molecule is Cc1cc(=O)c(C(=O)N2CCC(CCC(=O)O)CC2)nn1-c1ccccc1. The van der Waals surface area contributed by atoms with Gasteiger partial charge in [0.15, 0.2) is 5.69 Å². The molecule has 1 saturated heterocycles. The van der Waals surface area contributed by atoms with Crippen LogP contribution in [0.25, 0.3) is 5.69 Å². The third-order valence-corrected chi connectivity index (χ3v) is 4.98. The number of para-hydroxylation sites is 1. The fraction of sp³-hybridized carbons (Fsp3) is 0.400. The Morgan fingerprint density at radius 2 is 1.85 bits per heavy atom. The predicted molar refractivity (Wildman–Crippen MR) is 100 cm³/mol. The summed E-state index contributed by atoms with van der Waals surface area (Å²) in [5.74, 6) is -0.850. The van der Waals surface area contributed by atoms with E-state index in [2.05, 4.69) is 5.10 Å². The lowest BCUT2D eigenvalue weighted by Crippen LogP contribution is -2.41. The minimum Gasteiger partial charge on any atom is -0.481 e. The summed E-state index contributed by atoms with van der Waals surface area (Å²) in [4.78, 5) is 37.6. The zero-order valence-electron chi connectivity index (χ0n) is 15.3. The van der Waals surface area contributed by atoms with E-state index >= 15 is 0 Å². The van der Waals surface area contributed by atoms with Crippen molar-refractivity contribution < 1.29 is 14.7 Å². The zero-order chi connectivity index (χ0) is 19.4. The maximum atomic E-state index is 12.8. The number of carboxylic acid groups (broad SMARTS) is 1. The number of hydrogen-bond donors (Lipinski definition) is 1. The van der Waals surface area contributed by atoms with Gasteiger partial charge < -0.3 is 10.0 Å². The van der Waals surface area contributed by atoms with Gasteiger partial charge in [-0.05, 0) is 44.2 Å². The van der Waals surface area contributed by atoms with Gasteiger partial charge in [0.05, 0.1) is 5.69 Å². The molecule has 142 valence electrons. The van der Waals surface area contributed by atoms with E-state index in [4.69, 9.17) is 5.11 Å². The topological polar surface area (TPSA) is 92.5 Å². The summed E-state index contributed by atoms with van der Waals surface area (Å²) in [6, 6.07) is 10.8. The Kier molecular flexibility index (Phi) is 5.69. The highest BCUT2D eigenvalue weighted by Gasteiger charge is 2.26. The van der Waals surface area contributed by atoms with Crippen LogP contribution in [0.15, 0.2) is 41.2 Å². The van der Waals surface area contributed by atoms with Crippen LogP contribution in [-0.2, 0) is 4.79 Å². The molecule has 0 unspecified atom stereocenters. The molecule has 0 atom stereocenters. The molecule has 7 heteroatoms. The highest BCUT2D eigenvalue weighted by Crippen LogP contribution is 2.22. The molecule has 0 saturated carbocycles. The number of aryl methyl sites for hydroxylation is 1. The van der Waals surface area contributed by atoms with Crippen LogP contribution >= 0.6 is 0 Å².